The van der Waals surface area contributed by atoms with Crippen LogP contribution in [0.4, 0.5) is 4.39 Å². The lowest BCUT2D eigenvalue weighted by Gasteiger charge is -2.19. The summed E-state index contributed by atoms with van der Waals surface area (Å²) < 4.78 is 20.1. The number of esters is 1. The predicted molar refractivity (Wildman–Crippen MR) is 132 cm³/mol. The van der Waals surface area contributed by atoms with Crippen molar-refractivity contribution >= 4 is 22.8 Å². The maximum Gasteiger partial charge on any atom is 0.338 e. The van der Waals surface area contributed by atoms with Gasteiger partial charge in [0.2, 0.25) is 0 Å². The average molecular weight is 489 g/mol. The van der Waals surface area contributed by atoms with Gasteiger partial charge in [0.25, 0.3) is 11.5 Å². The fraction of sp³-hybridized carbons (Fsp3) is 0.222. The first-order valence-electron chi connectivity index (χ1n) is 11.3. The Morgan fingerprint density at radius 2 is 1.78 bits per heavy atom. The lowest BCUT2D eigenvalue weighted by atomic mass is 10.1. The molecular formula is C27H25FN4O4. The van der Waals surface area contributed by atoms with E-state index in [9.17, 15) is 18.8 Å². The fourth-order valence-electron chi connectivity index (χ4n) is 3.50. The zero-order chi connectivity index (χ0) is 25.9. The minimum Gasteiger partial charge on any atom is -0.456 e. The maximum absolute atomic E-state index is 13.4. The van der Waals surface area contributed by atoms with Gasteiger partial charge in [-0.05, 0) is 62.2 Å². The van der Waals surface area contributed by atoms with Crippen LogP contribution in [-0.2, 0) is 17.8 Å². The summed E-state index contributed by atoms with van der Waals surface area (Å²) in [5.74, 6) is -1.31. The van der Waals surface area contributed by atoms with E-state index in [-0.39, 0.29) is 29.7 Å². The van der Waals surface area contributed by atoms with Gasteiger partial charge in [0, 0.05) is 6.54 Å². The molecule has 0 saturated heterocycles. The normalized spacial score (nSPS) is 11.3. The molecule has 0 aliphatic heterocycles. The van der Waals surface area contributed by atoms with E-state index in [1.54, 1.807) is 57.2 Å². The Morgan fingerprint density at radius 1 is 1.03 bits per heavy atom. The van der Waals surface area contributed by atoms with Crippen molar-refractivity contribution in [2.45, 2.75) is 39.5 Å². The van der Waals surface area contributed by atoms with Crippen LogP contribution in [0.1, 0.15) is 52.7 Å². The van der Waals surface area contributed by atoms with E-state index >= 15 is 0 Å². The number of pyridine rings is 1. The van der Waals surface area contributed by atoms with Crippen molar-refractivity contribution in [3.8, 4) is 0 Å². The van der Waals surface area contributed by atoms with Crippen LogP contribution in [-0.4, -0.2) is 32.0 Å². The summed E-state index contributed by atoms with van der Waals surface area (Å²) in [6, 6.07) is 14.1. The molecule has 0 unspecified atom stereocenters. The van der Waals surface area contributed by atoms with Crippen LogP contribution in [0, 0.1) is 5.82 Å². The highest BCUT2D eigenvalue weighted by Gasteiger charge is 2.18. The molecule has 2 aromatic heterocycles. The lowest BCUT2D eigenvalue weighted by molar-refractivity contribution is 0.00694. The molecular weight excluding hydrogens is 463 g/mol. The van der Waals surface area contributed by atoms with E-state index in [0.717, 1.165) is 5.56 Å². The van der Waals surface area contributed by atoms with Gasteiger partial charge in [0.05, 0.1) is 35.5 Å². The van der Waals surface area contributed by atoms with Crippen molar-refractivity contribution in [2.24, 2.45) is 0 Å². The molecule has 0 bridgehead atoms. The standard InChI is InChI=1S/C27H25FN4O4/c1-27(2,3)36-26(35)19-9-7-17(8-10-19)15-32-16-31-23-14-29-22(12-21(23)25(32)34)24(33)30-13-18-5-4-6-20(28)11-18/h4-12,14,16H,13,15H2,1-3H3,(H,30,33). The summed E-state index contributed by atoms with van der Waals surface area (Å²) in [5.41, 5.74) is 1.29. The van der Waals surface area contributed by atoms with Crippen LogP contribution in [0.5, 0.6) is 0 Å². The average Bonchev–Trinajstić information content (AvgIpc) is 2.83. The number of fused-ring (bicyclic) bond motifs is 1. The molecule has 2 aromatic carbocycles. The summed E-state index contributed by atoms with van der Waals surface area (Å²) in [7, 11) is 0. The Labute approximate surface area is 206 Å². The van der Waals surface area contributed by atoms with Gasteiger partial charge in [0.1, 0.15) is 17.1 Å². The van der Waals surface area contributed by atoms with Crippen molar-refractivity contribution in [1.29, 1.82) is 0 Å². The first kappa shape index (κ1) is 24.7. The van der Waals surface area contributed by atoms with E-state index in [1.807, 2.05) is 0 Å². The van der Waals surface area contributed by atoms with Crippen molar-refractivity contribution < 1.29 is 18.7 Å². The third-order valence-electron chi connectivity index (χ3n) is 5.23. The zero-order valence-electron chi connectivity index (χ0n) is 20.1. The zero-order valence-corrected chi connectivity index (χ0v) is 20.1. The molecule has 36 heavy (non-hydrogen) atoms. The van der Waals surface area contributed by atoms with Crippen molar-refractivity contribution in [3.63, 3.8) is 0 Å². The minimum atomic E-state index is -0.593. The minimum absolute atomic E-state index is 0.0530. The molecule has 0 spiro atoms. The molecule has 0 radical (unpaired) electrons. The molecule has 0 aliphatic carbocycles. The number of nitrogens with zero attached hydrogens (tertiary/aromatic N) is 3. The Balaban J connectivity index is 1.51. The van der Waals surface area contributed by atoms with Gasteiger partial charge >= 0.3 is 5.97 Å². The smallest absolute Gasteiger partial charge is 0.338 e. The van der Waals surface area contributed by atoms with Crippen molar-refractivity contribution in [2.75, 3.05) is 0 Å². The number of aromatic nitrogens is 3. The van der Waals surface area contributed by atoms with Gasteiger partial charge in [-0.1, -0.05) is 24.3 Å². The number of hydrogen-bond acceptors (Lipinski definition) is 6. The van der Waals surface area contributed by atoms with Gasteiger partial charge in [0.15, 0.2) is 0 Å². The summed E-state index contributed by atoms with van der Waals surface area (Å²) in [6.45, 7) is 5.74. The molecule has 4 rings (SSSR count). The largest absolute Gasteiger partial charge is 0.456 e. The number of ether oxygens (including phenoxy) is 1. The quantitative estimate of drug-likeness (QED) is 0.414. The third kappa shape index (κ3) is 5.99. The number of carbonyl (C=O) groups excluding carboxylic acids is 2. The molecule has 0 fully saturated rings. The van der Waals surface area contributed by atoms with Gasteiger partial charge in [-0.3, -0.25) is 14.2 Å². The number of hydrogen-bond donors (Lipinski definition) is 1. The molecule has 8 nitrogen and oxygen atoms in total. The van der Waals surface area contributed by atoms with E-state index in [1.165, 1.54) is 35.3 Å². The van der Waals surface area contributed by atoms with E-state index < -0.39 is 23.3 Å². The summed E-state index contributed by atoms with van der Waals surface area (Å²) >= 11 is 0. The highest BCUT2D eigenvalue weighted by atomic mass is 19.1. The number of benzene rings is 2. The summed E-state index contributed by atoms with van der Waals surface area (Å²) in [5, 5.41) is 2.92. The third-order valence-corrected chi connectivity index (χ3v) is 5.23. The molecule has 9 heteroatoms. The van der Waals surface area contributed by atoms with E-state index in [4.69, 9.17) is 4.74 Å². The Morgan fingerprint density at radius 3 is 2.47 bits per heavy atom. The van der Waals surface area contributed by atoms with Crippen LogP contribution in [0.25, 0.3) is 10.9 Å². The summed E-state index contributed by atoms with van der Waals surface area (Å²) in [4.78, 5) is 46.3. The first-order valence-corrected chi connectivity index (χ1v) is 11.3. The molecule has 2 heterocycles. The van der Waals surface area contributed by atoms with Gasteiger partial charge in [-0.25, -0.2) is 19.2 Å². The van der Waals surface area contributed by atoms with Crippen LogP contribution in [0.15, 0.2) is 71.9 Å². The maximum atomic E-state index is 13.4. The van der Waals surface area contributed by atoms with Crippen LogP contribution in [0.2, 0.25) is 0 Å². The Kier molecular flexibility index (Phi) is 6.91. The van der Waals surface area contributed by atoms with Gasteiger partial charge < -0.3 is 10.1 Å². The van der Waals surface area contributed by atoms with Crippen LogP contribution < -0.4 is 10.9 Å². The summed E-state index contributed by atoms with van der Waals surface area (Å²) in [6.07, 6.45) is 2.78. The second-order valence-corrected chi connectivity index (χ2v) is 9.28. The monoisotopic (exact) mass is 488 g/mol. The number of rotatable bonds is 6. The molecule has 184 valence electrons. The number of carbonyl (C=O) groups is 2. The Bertz CT molecular complexity index is 1490. The number of halogens is 1. The molecule has 0 atom stereocenters. The second-order valence-electron chi connectivity index (χ2n) is 9.28. The first-order chi connectivity index (χ1) is 17.1. The fourth-order valence-corrected chi connectivity index (χ4v) is 3.50. The Hall–Kier alpha value is -4.40. The van der Waals surface area contributed by atoms with Crippen LogP contribution >= 0.6 is 0 Å². The van der Waals surface area contributed by atoms with E-state index in [0.29, 0.717) is 16.6 Å². The molecule has 1 amide bonds. The number of nitrogens with one attached hydrogen (secondary N) is 1. The molecule has 0 saturated carbocycles. The SMILES string of the molecule is CC(C)(C)OC(=O)c1ccc(Cn2cnc3cnc(C(=O)NCc4cccc(F)c4)cc3c2=O)cc1. The van der Waals surface area contributed by atoms with Crippen molar-refractivity contribution in [3.05, 3.63) is 106 Å². The molecule has 0 aliphatic rings. The molecule has 1 N–H and O–H groups in total. The second kappa shape index (κ2) is 10.1. The van der Waals surface area contributed by atoms with Gasteiger partial charge in [-0.2, -0.15) is 0 Å². The highest BCUT2D eigenvalue weighted by Crippen LogP contribution is 2.14. The highest BCUT2D eigenvalue weighted by molar-refractivity contribution is 5.95. The number of amides is 1. The topological polar surface area (TPSA) is 103 Å². The van der Waals surface area contributed by atoms with Crippen molar-refractivity contribution in [1.82, 2.24) is 19.9 Å². The molecule has 4 aromatic rings. The van der Waals surface area contributed by atoms with Crippen LogP contribution in [0.3, 0.4) is 0 Å². The predicted octanol–water partition coefficient (Wildman–Crippen LogP) is 3.86. The lowest BCUT2D eigenvalue weighted by Crippen LogP contribution is -2.25. The van der Waals surface area contributed by atoms with E-state index in [2.05, 4.69) is 15.3 Å². The van der Waals surface area contributed by atoms with Gasteiger partial charge in [-0.15, -0.1) is 0 Å².